The minimum absolute atomic E-state index is 0.197. The molecule has 2 heterocycles. The SMILES string of the molecule is CC1CCN(C(=O)N2CCC[C@@H]2C(=O)O)CC1O. The van der Waals surface area contributed by atoms with Crippen molar-refractivity contribution in [3.63, 3.8) is 0 Å². The highest BCUT2D eigenvalue weighted by atomic mass is 16.4. The molecule has 6 heteroatoms. The lowest BCUT2D eigenvalue weighted by Gasteiger charge is -2.37. The molecule has 2 rings (SSSR count). The summed E-state index contributed by atoms with van der Waals surface area (Å²) in [6, 6.07) is -0.945. The number of aliphatic hydroxyl groups excluding tert-OH is 1. The predicted molar refractivity (Wildman–Crippen MR) is 64.1 cm³/mol. The summed E-state index contributed by atoms with van der Waals surface area (Å²) in [4.78, 5) is 26.3. The number of carboxylic acid groups (broad SMARTS) is 1. The van der Waals surface area contributed by atoms with Gasteiger partial charge in [0.05, 0.1) is 6.10 Å². The topological polar surface area (TPSA) is 81.1 Å². The molecule has 0 radical (unpaired) electrons. The van der Waals surface area contributed by atoms with Crippen LogP contribution in [0.5, 0.6) is 0 Å². The van der Waals surface area contributed by atoms with Crippen LogP contribution in [0.4, 0.5) is 4.79 Å². The molecule has 3 atom stereocenters. The fourth-order valence-electron chi connectivity index (χ4n) is 2.66. The van der Waals surface area contributed by atoms with E-state index in [9.17, 15) is 14.7 Å². The Morgan fingerprint density at radius 1 is 1.22 bits per heavy atom. The zero-order valence-electron chi connectivity index (χ0n) is 10.6. The highest BCUT2D eigenvalue weighted by molar-refractivity contribution is 5.83. The normalized spacial score (nSPS) is 32.7. The van der Waals surface area contributed by atoms with E-state index in [4.69, 9.17) is 5.11 Å². The first-order valence-corrected chi connectivity index (χ1v) is 6.47. The number of urea groups is 1. The van der Waals surface area contributed by atoms with Crippen molar-refractivity contribution in [3.8, 4) is 0 Å². The van der Waals surface area contributed by atoms with Crippen molar-refractivity contribution < 1.29 is 19.8 Å². The Morgan fingerprint density at radius 2 is 1.94 bits per heavy atom. The molecule has 0 aliphatic carbocycles. The number of nitrogens with zero attached hydrogens (tertiary/aromatic N) is 2. The smallest absolute Gasteiger partial charge is 0.326 e. The van der Waals surface area contributed by atoms with E-state index in [1.54, 1.807) is 4.90 Å². The van der Waals surface area contributed by atoms with Crippen molar-refractivity contribution in [2.45, 2.75) is 38.3 Å². The number of rotatable bonds is 1. The molecule has 102 valence electrons. The van der Waals surface area contributed by atoms with E-state index in [-0.39, 0.29) is 11.9 Å². The molecule has 0 aromatic heterocycles. The summed E-state index contributed by atoms with van der Waals surface area (Å²) in [6.45, 7) is 3.36. The highest BCUT2D eigenvalue weighted by Crippen LogP contribution is 2.23. The average Bonchev–Trinajstić information content (AvgIpc) is 2.81. The van der Waals surface area contributed by atoms with Gasteiger partial charge in [-0.25, -0.2) is 9.59 Å². The van der Waals surface area contributed by atoms with E-state index in [1.807, 2.05) is 6.92 Å². The first-order chi connectivity index (χ1) is 8.50. The standard InChI is InChI=1S/C12H20N2O4/c1-8-4-6-13(7-10(8)15)12(18)14-5-2-3-9(14)11(16)17/h8-10,15H,2-7H2,1H3,(H,16,17)/t8?,9-,10?/m1/s1. The van der Waals surface area contributed by atoms with Gasteiger partial charge in [-0.05, 0) is 25.2 Å². The van der Waals surface area contributed by atoms with E-state index in [2.05, 4.69) is 0 Å². The Balaban J connectivity index is 2.01. The van der Waals surface area contributed by atoms with Gasteiger partial charge in [-0.3, -0.25) is 0 Å². The predicted octanol–water partition coefficient (Wildman–Crippen LogP) is 0.358. The highest BCUT2D eigenvalue weighted by Gasteiger charge is 2.38. The van der Waals surface area contributed by atoms with Crippen molar-refractivity contribution in [1.29, 1.82) is 0 Å². The first-order valence-electron chi connectivity index (χ1n) is 6.47. The monoisotopic (exact) mass is 256 g/mol. The third-order valence-corrected chi connectivity index (χ3v) is 3.97. The van der Waals surface area contributed by atoms with Gasteiger partial charge in [-0.2, -0.15) is 0 Å². The van der Waals surface area contributed by atoms with E-state index in [0.717, 1.165) is 12.8 Å². The number of β-amino-alcohol motifs (C(OH)–C–C–N with tert-alkyl or cyclic N) is 1. The number of carboxylic acids is 1. The van der Waals surface area contributed by atoms with Gasteiger partial charge in [-0.15, -0.1) is 0 Å². The summed E-state index contributed by atoms with van der Waals surface area (Å²) >= 11 is 0. The lowest BCUT2D eigenvalue weighted by molar-refractivity contribution is -0.141. The Bertz CT molecular complexity index is 347. The van der Waals surface area contributed by atoms with Crippen LogP contribution in [0.2, 0.25) is 0 Å². The van der Waals surface area contributed by atoms with E-state index in [0.29, 0.717) is 26.1 Å². The zero-order chi connectivity index (χ0) is 13.3. The number of aliphatic carboxylic acids is 1. The first kappa shape index (κ1) is 13.1. The lowest BCUT2D eigenvalue weighted by Crippen LogP contribution is -2.53. The molecule has 2 fully saturated rings. The van der Waals surface area contributed by atoms with E-state index in [1.165, 1.54) is 4.90 Å². The van der Waals surface area contributed by atoms with Crippen LogP contribution in [0.1, 0.15) is 26.2 Å². The van der Waals surface area contributed by atoms with Gasteiger partial charge in [-0.1, -0.05) is 6.92 Å². The summed E-state index contributed by atoms with van der Waals surface area (Å²) in [5.41, 5.74) is 0. The minimum Gasteiger partial charge on any atom is -0.480 e. The van der Waals surface area contributed by atoms with Crippen LogP contribution in [-0.4, -0.2) is 63.8 Å². The van der Waals surface area contributed by atoms with Crippen molar-refractivity contribution in [2.75, 3.05) is 19.6 Å². The Kier molecular flexibility index (Phi) is 3.75. The molecule has 0 spiro atoms. The lowest BCUT2D eigenvalue weighted by atomic mass is 9.96. The largest absolute Gasteiger partial charge is 0.480 e. The third-order valence-electron chi connectivity index (χ3n) is 3.97. The molecule has 0 bridgehead atoms. The quantitative estimate of drug-likeness (QED) is 0.709. The molecule has 0 saturated carbocycles. The number of carbonyl (C=O) groups is 2. The second-order valence-electron chi connectivity index (χ2n) is 5.25. The van der Waals surface area contributed by atoms with E-state index >= 15 is 0 Å². The van der Waals surface area contributed by atoms with Crippen molar-refractivity contribution in [1.82, 2.24) is 9.80 Å². The zero-order valence-corrected chi connectivity index (χ0v) is 10.6. The minimum atomic E-state index is -0.938. The average molecular weight is 256 g/mol. The summed E-state index contributed by atoms with van der Waals surface area (Å²) < 4.78 is 0. The molecule has 0 aromatic rings. The molecule has 2 saturated heterocycles. The second-order valence-corrected chi connectivity index (χ2v) is 5.25. The van der Waals surface area contributed by atoms with Crippen LogP contribution in [0.3, 0.4) is 0 Å². The molecule has 18 heavy (non-hydrogen) atoms. The molecule has 2 N–H and O–H groups in total. The van der Waals surface area contributed by atoms with Crippen LogP contribution in [0.15, 0.2) is 0 Å². The second kappa shape index (κ2) is 5.14. The van der Waals surface area contributed by atoms with Gasteiger partial charge in [0, 0.05) is 19.6 Å². The van der Waals surface area contributed by atoms with Gasteiger partial charge < -0.3 is 20.0 Å². The van der Waals surface area contributed by atoms with Crippen LogP contribution in [0.25, 0.3) is 0 Å². The van der Waals surface area contributed by atoms with Gasteiger partial charge in [0.25, 0.3) is 0 Å². The summed E-state index contributed by atoms with van der Waals surface area (Å²) in [5.74, 6) is -0.741. The van der Waals surface area contributed by atoms with Crippen LogP contribution in [0, 0.1) is 5.92 Å². The van der Waals surface area contributed by atoms with Gasteiger partial charge in [0.2, 0.25) is 0 Å². The van der Waals surface area contributed by atoms with Crippen LogP contribution in [-0.2, 0) is 4.79 Å². The number of piperidine rings is 1. The van der Waals surface area contributed by atoms with Crippen LogP contribution < -0.4 is 0 Å². The molecule has 2 aliphatic heterocycles. The number of aliphatic hydroxyl groups is 1. The summed E-state index contributed by atoms with van der Waals surface area (Å²) in [6.07, 6.45) is 1.51. The van der Waals surface area contributed by atoms with Crippen molar-refractivity contribution >= 4 is 12.0 Å². The summed E-state index contributed by atoms with van der Waals surface area (Å²) in [5, 5.41) is 18.8. The number of likely N-dealkylation sites (tertiary alicyclic amines) is 2. The van der Waals surface area contributed by atoms with Gasteiger partial charge in [0.1, 0.15) is 6.04 Å². The fraction of sp³-hybridized carbons (Fsp3) is 0.833. The Hall–Kier alpha value is -1.30. The number of carbonyl (C=O) groups excluding carboxylic acids is 1. The van der Waals surface area contributed by atoms with Crippen molar-refractivity contribution in [2.24, 2.45) is 5.92 Å². The molecular formula is C12H20N2O4. The van der Waals surface area contributed by atoms with E-state index < -0.39 is 18.1 Å². The summed E-state index contributed by atoms with van der Waals surface area (Å²) in [7, 11) is 0. The number of amides is 2. The van der Waals surface area contributed by atoms with Gasteiger partial charge in [0.15, 0.2) is 0 Å². The molecule has 6 nitrogen and oxygen atoms in total. The fourth-order valence-corrected chi connectivity index (χ4v) is 2.66. The maximum atomic E-state index is 12.2. The van der Waals surface area contributed by atoms with Gasteiger partial charge >= 0.3 is 12.0 Å². The third kappa shape index (κ3) is 2.43. The molecule has 2 aliphatic rings. The van der Waals surface area contributed by atoms with Crippen LogP contribution >= 0.6 is 0 Å². The Morgan fingerprint density at radius 3 is 2.56 bits per heavy atom. The molecule has 0 aromatic carbocycles. The maximum Gasteiger partial charge on any atom is 0.326 e. The number of hydrogen-bond acceptors (Lipinski definition) is 3. The number of hydrogen-bond donors (Lipinski definition) is 2. The molecule has 2 unspecified atom stereocenters. The maximum absolute atomic E-state index is 12.2. The molecular weight excluding hydrogens is 236 g/mol. The molecule has 2 amide bonds. The van der Waals surface area contributed by atoms with Crippen molar-refractivity contribution in [3.05, 3.63) is 0 Å². The Labute approximate surface area is 106 Å².